The number of nitrogens with one attached hydrogen (secondary N) is 1. The van der Waals surface area contributed by atoms with Crippen LogP contribution in [0.1, 0.15) is 27.7 Å². The minimum Gasteiger partial charge on any atom is -0.464 e. The average molecular weight is 290 g/mol. The van der Waals surface area contributed by atoms with E-state index in [4.69, 9.17) is 10.5 Å². The molecule has 3 N–H and O–H groups in total. The number of hydrogen-bond donors (Lipinski definition) is 2. The lowest BCUT2D eigenvalue weighted by Gasteiger charge is -2.18. The standard InChI is InChI=1S/C12H22N2O4S/c1-5-18-11(16)9(14-8(4)15)6-19-12(17)10(13)7(2)3/h7,9-10H,5-6,13H2,1-4H3,(H,14,15)/t9-,10-/m0/s1. The Kier molecular flexibility index (Phi) is 8.42. The molecule has 2 atom stereocenters. The van der Waals surface area contributed by atoms with Crippen LogP contribution in [-0.2, 0) is 19.1 Å². The van der Waals surface area contributed by atoms with Crippen LogP contribution in [0.15, 0.2) is 0 Å². The van der Waals surface area contributed by atoms with E-state index in [0.29, 0.717) is 0 Å². The molecular formula is C12H22N2O4S. The van der Waals surface area contributed by atoms with Crippen LogP contribution >= 0.6 is 11.8 Å². The predicted molar refractivity (Wildman–Crippen MR) is 74.5 cm³/mol. The lowest BCUT2D eigenvalue weighted by Crippen LogP contribution is -2.43. The molecule has 0 radical (unpaired) electrons. The molecule has 0 spiro atoms. The first kappa shape index (κ1) is 17.9. The van der Waals surface area contributed by atoms with E-state index >= 15 is 0 Å². The fourth-order valence-electron chi connectivity index (χ4n) is 1.19. The van der Waals surface area contributed by atoms with Crippen LogP contribution in [0.4, 0.5) is 0 Å². The van der Waals surface area contributed by atoms with Gasteiger partial charge >= 0.3 is 5.97 Å². The fraction of sp³-hybridized carbons (Fsp3) is 0.750. The van der Waals surface area contributed by atoms with Gasteiger partial charge in [0, 0.05) is 12.7 Å². The minimum atomic E-state index is -0.828. The summed E-state index contributed by atoms with van der Waals surface area (Å²) < 4.78 is 4.84. The van der Waals surface area contributed by atoms with Gasteiger partial charge in [0.05, 0.1) is 12.6 Å². The Morgan fingerprint density at radius 1 is 1.32 bits per heavy atom. The Balaban J connectivity index is 4.45. The van der Waals surface area contributed by atoms with Gasteiger partial charge < -0.3 is 15.8 Å². The van der Waals surface area contributed by atoms with E-state index in [1.165, 1.54) is 6.92 Å². The number of esters is 1. The van der Waals surface area contributed by atoms with Gasteiger partial charge in [-0.1, -0.05) is 25.6 Å². The summed E-state index contributed by atoms with van der Waals surface area (Å²) in [5.41, 5.74) is 5.71. The number of carbonyl (C=O) groups excluding carboxylic acids is 3. The van der Waals surface area contributed by atoms with Gasteiger partial charge in [-0.25, -0.2) is 4.79 Å². The van der Waals surface area contributed by atoms with E-state index < -0.39 is 18.1 Å². The molecule has 0 aliphatic heterocycles. The van der Waals surface area contributed by atoms with Crippen molar-refractivity contribution in [1.29, 1.82) is 0 Å². The number of ether oxygens (including phenoxy) is 1. The topological polar surface area (TPSA) is 98.5 Å². The first-order chi connectivity index (χ1) is 8.79. The Bertz CT molecular complexity index is 334. The monoisotopic (exact) mass is 290 g/mol. The summed E-state index contributed by atoms with van der Waals surface area (Å²) in [5.74, 6) is -0.741. The third-order valence-electron chi connectivity index (χ3n) is 2.33. The summed E-state index contributed by atoms with van der Waals surface area (Å²) in [7, 11) is 0. The highest BCUT2D eigenvalue weighted by molar-refractivity contribution is 8.13. The molecule has 6 nitrogen and oxygen atoms in total. The Hall–Kier alpha value is -1.08. The molecule has 7 heteroatoms. The van der Waals surface area contributed by atoms with Crippen molar-refractivity contribution in [3.05, 3.63) is 0 Å². The Labute approximate surface area is 117 Å². The van der Waals surface area contributed by atoms with Gasteiger partial charge in [-0.05, 0) is 12.8 Å². The Morgan fingerprint density at radius 2 is 1.89 bits per heavy atom. The molecule has 0 saturated carbocycles. The number of thioether (sulfide) groups is 1. The fourth-order valence-corrected chi connectivity index (χ4v) is 2.21. The van der Waals surface area contributed by atoms with Crippen molar-refractivity contribution in [3.63, 3.8) is 0 Å². The first-order valence-corrected chi connectivity index (χ1v) is 7.14. The summed E-state index contributed by atoms with van der Waals surface area (Å²) in [5, 5.41) is 2.26. The number of rotatable bonds is 7. The van der Waals surface area contributed by atoms with Gasteiger partial charge in [-0.2, -0.15) is 0 Å². The molecule has 0 heterocycles. The zero-order chi connectivity index (χ0) is 15.0. The third-order valence-corrected chi connectivity index (χ3v) is 3.39. The SMILES string of the molecule is CCOC(=O)[C@H](CSC(=O)[C@@H](N)C(C)C)NC(C)=O. The van der Waals surface area contributed by atoms with Crippen molar-refractivity contribution >= 4 is 28.8 Å². The van der Waals surface area contributed by atoms with Gasteiger partial charge in [0.25, 0.3) is 0 Å². The molecule has 1 amide bonds. The van der Waals surface area contributed by atoms with Crippen molar-refractivity contribution in [2.45, 2.75) is 39.8 Å². The molecule has 0 saturated heterocycles. The molecule has 0 aromatic heterocycles. The highest BCUT2D eigenvalue weighted by atomic mass is 32.2. The molecule has 0 rings (SSSR count). The molecule has 0 aliphatic carbocycles. The molecule has 19 heavy (non-hydrogen) atoms. The highest BCUT2D eigenvalue weighted by Gasteiger charge is 2.24. The minimum absolute atomic E-state index is 0.0295. The van der Waals surface area contributed by atoms with Crippen molar-refractivity contribution < 1.29 is 19.1 Å². The van der Waals surface area contributed by atoms with Crippen molar-refractivity contribution in [1.82, 2.24) is 5.32 Å². The van der Waals surface area contributed by atoms with E-state index in [1.54, 1.807) is 6.92 Å². The second-order valence-electron chi connectivity index (χ2n) is 4.40. The smallest absolute Gasteiger partial charge is 0.329 e. The molecule has 0 unspecified atom stereocenters. The van der Waals surface area contributed by atoms with Gasteiger partial charge in [0.2, 0.25) is 11.0 Å². The lowest BCUT2D eigenvalue weighted by molar-refractivity contribution is -0.146. The second-order valence-corrected chi connectivity index (χ2v) is 5.43. The molecule has 0 aromatic rings. The van der Waals surface area contributed by atoms with Gasteiger partial charge in [-0.3, -0.25) is 9.59 Å². The number of hydrogen-bond acceptors (Lipinski definition) is 6. The van der Waals surface area contributed by atoms with E-state index in [9.17, 15) is 14.4 Å². The molecule has 0 bridgehead atoms. The maximum Gasteiger partial charge on any atom is 0.329 e. The van der Waals surface area contributed by atoms with Crippen LogP contribution in [0.5, 0.6) is 0 Å². The van der Waals surface area contributed by atoms with E-state index in [1.807, 2.05) is 13.8 Å². The third kappa shape index (κ3) is 7.17. The zero-order valence-corrected chi connectivity index (χ0v) is 12.6. The summed E-state index contributed by atoms with van der Waals surface area (Å²) in [6.07, 6.45) is 0. The summed E-state index contributed by atoms with van der Waals surface area (Å²) in [4.78, 5) is 34.3. The van der Waals surface area contributed by atoms with Gasteiger partial charge in [0.1, 0.15) is 6.04 Å². The van der Waals surface area contributed by atoms with E-state index in [0.717, 1.165) is 11.8 Å². The summed E-state index contributed by atoms with van der Waals surface area (Å²) in [6.45, 7) is 6.90. The summed E-state index contributed by atoms with van der Waals surface area (Å²) >= 11 is 0.938. The lowest BCUT2D eigenvalue weighted by atomic mass is 10.1. The summed E-state index contributed by atoms with van der Waals surface area (Å²) in [6, 6.07) is -1.41. The molecule has 110 valence electrons. The van der Waals surface area contributed by atoms with Crippen LogP contribution in [-0.4, -0.2) is 41.4 Å². The van der Waals surface area contributed by atoms with Crippen LogP contribution in [0, 0.1) is 5.92 Å². The quantitative estimate of drug-likeness (QED) is 0.654. The van der Waals surface area contributed by atoms with E-state index in [2.05, 4.69) is 5.32 Å². The van der Waals surface area contributed by atoms with Crippen molar-refractivity contribution in [2.24, 2.45) is 11.7 Å². The van der Waals surface area contributed by atoms with Crippen molar-refractivity contribution in [3.8, 4) is 0 Å². The number of amides is 1. The van der Waals surface area contributed by atoms with Crippen molar-refractivity contribution in [2.75, 3.05) is 12.4 Å². The van der Waals surface area contributed by atoms with Gasteiger partial charge in [-0.15, -0.1) is 0 Å². The molecular weight excluding hydrogens is 268 g/mol. The molecule has 0 aromatic carbocycles. The Morgan fingerprint density at radius 3 is 2.32 bits per heavy atom. The molecule has 0 fully saturated rings. The molecule has 0 aliphatic rings. The van der Waals surface area contributed by atoms with E-state index in [-0.39, 0.29) is 29.3 Å². The van der Waals surface area contributed by atoms with Crippen LogP contribution in [0.25, 0.3) is 0 Å². The van der Waals surface area contributed by atoms with Crippen LogP contribution < -0.4 is 11.1 Å². The predicted octanol–water partition coefficient (Wildman–Crippen LogP) is 0.297. The van der Waals surface area contributed by atoms with Gasteiger partial charge in [0.15, 0.2) is 0 Å². The average Bonchev–Trinajstić information content (AvgIpc) is 2.32. The van der Waals surface area contributed by atoms with Crippen LogP contribution in [0.3, 0.4) is 0 Å². The largest absolute Gasteiger partial charge is 0.464 e. The zero-order valence-electron chi connectivity index (χ0n) is 11.8. The maximum atomic E-state index is 11.7. The van der Waals surface area contributed by atoms with Crippen LogP contribution in [0.2, 0.25) is 0 Å². The number of carbonyl (C=O) groups is 3. The highest BCUT2D eigenvalue weighted by Crippen LogP contribution is 2.12. The number of nitrogens with two attached hydrogens (primary N) is 1. The second kappa shape index (κ2) is 8.92. The first-order valence-electron chi connectivity index (χ1n) is 6.15. The normalized spacial score (nSPS) is 13.8. The maximum absolute atomic E-state index is 11.7.